The van der Waals surface area contributed by atoms with Crippen LogP contribution in [0.1, 0.15) is 42.5 Å². The second kappa shape index (κ2) is 8.30. The molecule has 0 spiro atoms. The van der Waals surface area contributed by atoms with Gasteiger partial charge in [0.2, 0.25) is 0 Å². The Balaban J connectivity index is 2.14. The number of ketones is 1. The van der Waals surface area contributed by atoms with Crippen LogP contribution in [0.2, 0.25) is 0 Å². The molecule has 2 aromatic rings. The summed E-state index contributed by atoms with van der Waals surface area (Å²) in [6, 6.07) is 13.9. The predicted octanol–water partition coefficient (Wildman–Crippen LogP) is 4.23. The van der Waals surface area contributed by atoms with Gasteiger partial charge in [0.05, 0.1) is 18.7 Å². The Bertz CT molecular complexity index is 914. The first-order chi connectivity index (χ1) is 13.5. The van der Waals surface area contributed by atoms with Crippen molar-refractivity contribution in [2.24, 2.45) is 0 Å². The van der Waals surface area contributed by atoms with Crippen LogP contribution in [0.3, 0.4) is 0 Å². The van der Waals surface area contributed by atoms with Crippen LogP contribution in [0, 0.1) is 6.92 Å². The predicted molar refractivity (Wildman–Crippen MR) is 108 cm³/mol. The Morgan fingerprint density at radius 3 is 2.46 bits per heavy atom. The summed E-state index contributed by atoms with van der Waals surface area (Å²) < 4.78 is 5.15. The van der Waals surface area contributed by atoms with Gasteiger partial charge in [0, 0.05) is 12.1 Å². The van der Waals surface area contributed by atoms with E-state index >= 15 is 0 Å². The molecular formula is C23H25NO4. The first-order valence-corrected chi connectivity index (χ1v) is 9.47. The van der Waals surface area contributed by atoms with E-state index in [4.69, 9.17) is 4.74 Å². The maximum absolute atomic E-state index is 12.9. The van der Waals surface area contributed by atoms with Crippen LogP contribution in [0.25, 0.3) is 5.76 Å². The summed E-state index contributed by atoms with van der Waals surface area (Å²) in [7, 11) is 1.56. The highest BCUT2D eigenvalue weighted by atomic mass is 16.5. The molecule has 1 amide bonds. The van der Waals surface area contributed by atoms with Crippen molar-refractivity contribution in [3.8, 4) is 5.75 Å². The number of methoxy groups -OCH3 is 1. The molecule has 3 rings (SSSR count). The lowest BCUT2D eigenvalue weighted by atomic mass is 9.94. The molecule has 146 valence electrons. The second-order valence-corrected chi connectivity index (χ2v) is 6.99. The zero-order valence-corrected chi connectivity index (χ0v) is 16.4. The Hall–Kier alpha value is -3.08. The zero-order chi connectivity index (χ0) is 20.3. The van der Waals surface area contributed by atoms with Gasteiger partial charge in [0.25, 0.3) is 11.7 Å². The number of aryl methyl sites for hydroxylation is 1. The molecule has 5 nitrogen and oxygen atoms in total. The summed E-state index contributed by atoms with van der Waals surface area (Å²) in [6.07, 6.45) is 1.69. The molecule has 1 aliphatic rings. The van der Waals surface area contributed by atoms with Crippen molar-refractivity contribution >= 4 is 17.4 Å². The van der Waals surface area contributed by atoms with Gasteiger partial charge < -0.3 is 14.7 Å². The summed E-state index contributed by atoms with van der Waals surface area (Å²) in [6.45, 7) is 4.47. The van der Waals surface area contributed by atoms with Crippen molar-refractivity contribution in [3.05, 3.63) is 70.8 Å². The lowest BCUT2D eigenvalue weighted by Gasteiger charge is -2.25. The normalized spacial score (nSPS) is 18.5. The number of carbonyl (C=O) groups is 2. The molecular weight excluding hydrogens is 354 g/mol. The molecule has 1 aliphatic heterocycles. The van der Waals surface area contributed by atoms with Gasteiger partial charge in [0.15, 0.2) is 0 Å². The number of aliphatic hydroxyl groups excluding tert-OH is 1. The van der Waals surface area contributed by atoms with Crippen molar-refractivity contribution in [3.63, 3.8) is 0 Å². The van der Waals surface area contributed by atoms with E-state index in [9.17, 15) is 14.7 Å². The molecule has 28 heavy (non-hydrogen) atoms. The van der Waals surface area contributed by atoms with Gasteiger partial charge in [-0.3, -0.25) is 9.59 Å². The minimum atomic E-state index is -0.643. The fourth-order valence-corrected chi connectivity index (χ4v) is 3.53. The summed E-state index contributed by atoms with van der Waals surface area (Å²) in [4.78, 5) is 27.2. The number of hydrogen-bond donors (Lipinski definition) is 1. The van der Waals surface area contributed by atoms with E-state index in [1.165, 1.54) is 0 Å². The van der Waals surface area contributed by atoms with Gasteiger partial charge in [0.1, 0.15) is 11.5 Å². The maximum Gasteiger partial charge on any atom is 0.295 e. The fourth-order valence-electron chi connectivity index (χ4n) is 3.53. The Labute approximate surface area is 165 Å². The standard InChI is InChI=1S/C23H25NO4/c1-4-5-13-24-20(17-8-6-7-15(2)14-17)19(22(26)23(24)27)21(25)16-9-11-18(28-3)12-10-16/h6-12,14,20,25H,4-5,13H2,1-3H3/b21-19-. The molecule has 5 heteroatoms. The summed E-state index contributed by atoms with van der Waals surface area (Å²) >= 11 is 0. The molecule has 0 bridgehead atoms. The Morgan fingerprint density at radius 1 is 1.14 bits per heavy atom. The number of ether oxygens (including phenoxy) is 1. The lowest BCUT2D eigenvalue weighted by molar-refractivity contribution is -0.139. The Morgan fingerprint density at radius 2 is 1.86 bits per heavy atom. The smallest absolute Gasteiger partial charge is 0.295 e. The number of likely N-dealkylation sites (tertiary alicyclic amines) is 1. The van der Waals surface area contributed by atoms with E-state index in [0.717, 1.165) is 24.0 Å². The average molecular weight is 379 g/mol. The van der Waals surface area contributed by atoms with Crippen molar-refractivity contribution in [1.82, 2.24) is 4.90 Å². The molecule has 0 radical (unpaired) electrons. The number of benzene rings is 2. The van der Waals surface area contributed by atoms with Crippen LogP contribution in [-0.4, -0.2) is 35.4 Å². The van der Waals surface area contributed by atoms with Crippen LogP contribution >= 0.6 is 0 Å². The first kappa shape index (κ1) is 19.7. The van der Waals surface area contributed by atoms with Crippen LogP contribution in [0.4, 0.5) is 0 Å². The van der Waals surface area contributed by atoms with E-state index in [1.54, 1.807) is 36.3 Å². The van der Waals surface area contributed by atoms with Crippen molar-refractivity contribution in [2.45, 2.75) is 32.7 Å². The highest BCUT2D eigenvalue weighted by Gasteiger charge is 2.45. The molecule has 2 aromatic carbocycles. The molecule has 1 unspecified atom stereocenters. The van der Waals surface area contributed by atoms with Gasteiger partial charge in [-0.15, -0.1) is 0 Å². The number of carbonyl (C=O) groups excluding carboxylic acids is 2. The largest absolute Gasteiger partial charge is 0.507 e. The van der Waals surface area contributed by atoms with E-state index in [-0.39, 0.29) is 11.3 Å². The highest BCUT2D eigenvalue weighted by Crippen LogP contribution is 2.39. The van der Waals surface area contributed by atoms with E-state index in [0.29, 0.717) is 17.9 Å². The minimum absolute atomic E-state index is 0.136. The lowest BCUT2D eigenvalue weighted by Crippen LogP contribution is -2.30. The summed E-state index contributed by atoms with van der Waals surface area (Å²) in [5.41, 5.74) is 2.47. The number of Topliss-reactive ketones (excluding diaryl/α,β-unsaturated/α-hetero) is 1. The van der Waals surface area contributed by atoms with Gasteiger partial charge >= 0.3 is 0 Å². The molecule has 1 atom stereocenters. The molecule has 0 aromatic heterocycles. The SMILES string of the molecule is CCCCN1C(=O)C(=O)/C(=C(\O)c2ccc(OC)cc2)C1c1cccc(C)c1. The van der Waals surface area contributed by atoms with E-state index in [1.807, 2.05) is 38.1 Å². The third-order valence-electron chi connectivity index (χ3n) is 5.01. The topological polar surface area (TPSA) is 66.8 Å². The third kappa shape index (κ3) is 3.65. The van der Waals surface area contributed by atoms with Gasteiger partial charge in [-0.05, 0) is 43.2 Å². The monoisotopic (exact) mass is 379 g/mol. The fraction of sp³-hybridized carbons (Fsp3) is 0.304. The first-order valence-electron chi connectivity index (χ1n) is 9.47. The molecule has 1 heterocycles. The zero-order valence-electron chi connectivity index (χ0n) is 16.4. The van der Waals surface area contributed by atoms with Crippen molar-refractivity contribution in [2.75, 3.05) is 13.7 Å². The molecule has 0 aliphatic carbocycles. The third-order valence-corrected chi connectivity index (χ3v) is 5.01. The average Bonchev–Trinajstić information content (AvgIpc) is 2.96. The number of nitrogens with zero attached hydrogens (tertiary/aromatic N) is 1. The van der Waals surface area contributed by atoms with Gasteiger partial charge in [-0.2, -0.15) is 0 Å². The molecule has 0 saturated carbocycles. The Kier molecular flexibility index (Phi) is 5.83. The van der Waals surface area contributed by atoms with Crippen molar-refractivity contribution < 1.29 is 19.4 Å². The number of amides is 1. The van der Waals surface area contributed by atoms with Crippen LogP contribution in [0.5, 0.6) is 5.75 Å². The number of unbranched alkanes of at least 4 members (excludes halogenated alkanes) is 1. The van der Waals surface area contributed by atoms with Crippen LogP contribution < -0.4 is 4.74 Å². The highest BCUT2D eigenvalue weighted by molar-refractivity contribution is 6.46. The van der Waals surface area contributed by atoms with Crippen LogP contribution in [-0.2, 0) is 9.59 Å². The van der Waals surface area contributed by atoms with Gasteiger partial charge in [-0.25, -0.2) is 0 Å². The summed E-state index contributed by atoms with van der Waals surface area (Å²) in [5.74, 6) is -0.715. The second-order valence-electron chi connectivity index (χ2n) is 6.99. The van der Waals surface area contributed by atoms with Gasteiger partial charge in [-0.1, -0.05) is 43.2 Å². The number of hydrogen-bond acceptors (Lipinski definition) is 4. The number of aliphatic hydroxyl groups is 1. The number of rotatable bonds is 6. The summed E-state index contributed by atoms with van der Waals surface area (Å²) in [5, 5.41) is 11.0. The maximum atomic E-state index is 12.9. The van der Waals surface area contributed by atoms with E-state index < -0.39 is 17.7 Å². The molecule has 1 N–H and O–H groups in total. The van der Waals surface area contributed by atoms with E-state index in [2.05, 4.69) is 0 Å². The van der Waals surface area contributed by atoms with Crippen LogP contribution in [0.15, 0.2) is 54.1 Å². The minimum Gasteiger partial charge on any atom is -0.507 e. The molecule has 1 fully saturated rings. The van der Waals surface area contributed by atoms with Crippen molar-refractivity contribution in [1.29, 1.82) is 0 Å². The quantitative estimate of drug-likeness (QED) is 0.463. The molecule has 1 saturated heterocycles.